The summed E-state index contributed by atoms with van der Waals surface area (Å²) in [6, 6.07) is 7.65. The van der Waals surface area contributed by atoms with Crippen molar-refractivity contribution in [3.8, 4) is 0 Å². The molecule has 1 N–H and O–H groups in total. The number of amides is 1. The van der Waals surface area contributed by atoms with Crippen LogP contribution in [0.25, 0.3) is 0 Å². The Kier molecular flexibility index (Phi) is 5.58. The van der Waals surface area contributed by atoms with Gasteiger partial charge in [-0.05, 0) is 40.6 Å². The minimum atomic E-state index is -0.192. The number of rotatable bonds is 4. The minimum absolute atomic E-state index is 0.0585. The molecular formula is C15H19IN2O3. The van der Waals surface area contributed by atoms with Crippen LogP contribution >= 0.6 is 22.6 Å². The topological polar surface area (TPSA) is 58.6 Å². The van der Waals surface area contributed by atoms with E-state index in [1.807, 2.05) is 36.1 Å². The number of nitrogens with zero attached hydrogens (tertiary/aromatic N) is 1. The first-order valence-electron chi connectivity index (χ1n) is 6.86. The fraction of sp³-hybridized carbons (Fsp3) is 0.467. The lowest BCUT2D eigenvalue weighted by Gasteiger charge is -2.15. The first-order valence-corrected chi connectivity index (χ1v) is 7.93. The van der Waals surface area contributed by atoms with E-state index in [4.69, 9.17) is 4.74 Å². The third-order valence-corrected chi connectivity index (χ3v) is 4.65. The second kappa shape index (κ2) is 7.22. The van der Waals surface area contributed by atoms with E-state index in [0.717, 1.165) is 15.8 Å². The maximum absolute atomic E-state index is 12.1. The van der Waals surface area contributed by atoms with Gasteiger partial charge in [0, 0.05) is 16.7 Å². The predicted octanol–water partition coefficient (Wildman–Crippen LogP) is 1.97. The van der Waals surface area contributed by atoms with Gasteiger partial charge in [0.15, 0.2) is 0 Å². The Hall–Kier alpha value is -1.15. The number of nitrogens with one attached hydrogen (secondary N) is 1. The van der Waals surface area contributed by atoms with Gasteiger partial charge in [-0.3, -0.25) is 14.5 Å². The molecule has 1 aliphatic rings. The molecule has 1 heterocycles. The van der Waals surface area contributed by atoms with Gasteiger partial charge in [-0.15, -0.1) is 0 Å². The van der Waals surface area contributed by atoms with Gasteiger partial charge in [0.05, 0.1) is 25.3 Å². The van der Waals surface area contributed by atoms with E-state index < -0.39 is 0 Å². The van der Waals surface area contributed by atoms with E-state index in [1.165, 1.54) is 7.11 Å². The fourth-order valence-electron chi connectivity index (χ4n) is 2.61. The molecule has 114 valence electrons. The van der Waals surface area contributed by atoms with E-state index in [-0.39, 0.29) is 23.7 Å². The minimum Gasteiger partial charge on any atom is -0.469 e. The number of anilines is 1. The zero-order chi connectivity index (χ0) is 15.4. The summed E-state index contributed by atoms with van der Waals surface area (Å²) in [6.07, 6.45) is 0. The van der Waals surface area contributed by atoms with Crippen LogP contribution in [0.5, 0.6) is 0 Å². The van der Waals surface area contributed by atoms with E-state index in [1.54, 1.807) is 0 Å². The number of hydrogen-bond donors (Lipinski definition) is 1. The molecule has 2 rings (SSSR count). The van der Waals surface area contributed by atoms with Gasteiger partial charge in [-0.2, -0.15) is 0 Å². The molecule has 0 aliphatic carbocycles. The van der Waals surface area contributed by atoms with Gasteiger partial charge < -0.3 is 10.1 Å². The summed E-state index contributed by atoms with van der Waals surface area (Å²) in [5.41, 5.74) is 0.819. The number of carbonyl (C=O) groups is 2. The summed E-state index contributed by atoms with van der Waals surface area (Å²) < 4.78 is 5.81. The quantitative estimate of drug-likeness (QED) is 0.618. The molecule has 0 bridgehead atoms. The number of halogens is 1. The molecule has 1 aliphatic heterocycles. The lowest BCUT2D eigenvalue weighted by Crippen LogP contribution is -2.32. The Morgan fingerprint density at radius 3 is 2.76 bits per heavy atom. The number of likely N-dealkylation sites (tertiary alicyclic amines) is 1. The van der Waals surface area contributed by atoms with Gasteiger partial charge >= 0.3 is 5.97 Å². The largest absolute Gasteiger partial charge is 0.469 e. The molecule has 1 aromatic carbocycles. The molecule has 1 amide bonds. The number of methoxy groups -OCH3 is 1. The summed E-state index contributed by atoms with van der Waals surface area (Å²) in [4.78, 5) is 25.7. The highest BCUT2D eigenvalue weighted by Gasteiger charge is 2.36. The number of benzene rings is 1. The zero-order valence-electron chi connectivity index (χ0n) is 12.1. The molecule has 6 heteroatoms. The van der Waals surface area contributed by atoms with E-state index in [0.29, 0.717) is 13.1 Å². The van der Waals surface area contributed by atoms with Crippen molar-refractivity contribution in [2.24, 2.45) is 11.8 Å². The maximum atomic E-state index is 12.1. The lowest BCUT2D eigenvalue weighted by atomic mass is 9.99. The second-order valence-electron chi connectivity index (χ2n) is 5.33. The van der Waals surface area contributed by atoms with Gasteiger partial charge in [0.25, 0.3) is 0 Å². The maximum Gasteiger partial charge on any atom is 0.310 e. The van der Waals surface area contributed by atoms with Crippen molar-refractivity contribution in [3.63, 3.8) is 0 Å². The third-order valence-electron chi connectivity index (χ3n) is 3.71. The smallest absolute Gasteiger partial charge is 0.310 e. The van der Waals surface area contributed by atoms with Crippen LogP contribution in [-0.4, -0.2) is 43.5 Å². The van der Waals surface area contributed by atoms with Crippen LogP contribution in [-0.2, 0) is 14.3 Å². The van der Waals surface area contributed by atoms with Crippen LogP contribution in [0.3, 0.4) is 0 Å². The molecule has 1 saturated heterocycles. The number of hydrogen-bond acceptors (Lipinski definition) is 4. The van der Waals surface area contributed by atoms with Gasteiger partial charge in [0.1, 0.15) is 0 Å². The SMILES string of the molecule is COC(=O)C1CN(CC(=O)Nc2ccccc2I)CC1C. The summed E-state index contributed by atoms with van der Waals surface area (Å²) in [5.74, 6) is -0.179. The predicted molar refractivity (Wildman–Crippen MR) is 88.9 cm³/mol. The van der Waals surface area contributed by atoms with E-state index >= 15 is 0 Å². The summed E-state index contributed by atoms with van der Waals surface area (Å²) >= 11 is 2.19. The molecule has 0 spiro atoms. The van der Waals surface area contributed by atoms with Crippen LogP contribution in [0, 0.1) is 15.4 Å². The first kappa shape index (κ1) is 16.2. The molecule has 1 aromatic rings. The Labute approximate surface area is 138 Å². The number of carbonyl (C=O) groups excluding carboxylic acids is 2. The molecule has 0 aromatic heterocycles. The summed E-state index contributed by atoms with van der Waals surface area (Å²) in [5, 5.41) is 2.91. The highest BCUT2D eigenvalue weighted by atomic mass is 127. The standard InChI is InChI=1S/C15H19IN2O3/c1-10-7-18(8-11(10)15(20)21-2)9-14(19)17-13-6-4-3-5-12(13)16/h3-6,10-11H,7-9H2,1-2H3,(H,17,19). The normalized spacial score (nSPS) is 22.0. The Morgan fingerprint density at radius 1 is 1.38 bits per heavy atom. The van der Waals surface area contributed by atoms with Crippen LogP contribution in [0.1, 0.15) is 6.92 Å². The Morgan fingerprint density at radius 2 is 2.10 bits per heavy atom. The Bertz CT molecular complexity index is 535. The van der Waals surface area contributed by atoms with Crippen LogP contribution < -0.4 is 5.32 Å². The van der Waals surface area contributed by atoms with Crippen molar-refractivity contribution in [2.75, 3.05) is 32.1 Å². The molecule has 5 nitrogen and oxygen atoms in total. The molecule has 1 fully saturated rings. The van der Waals surface area contributed by atoms with Crippen LogP contribution in [0.15, 0.2) is 24.3 Å². The van der Waals surface area contributed by atoms with E-state index in [9.17, 15) is 9.59 Å². The average Bonchev–Trinajstić information content (AvgIpc) is 2.81. The second-order valence-corrected chi connectivity index (χ2v) is 6.49. The van der Waals surface area contributed by atoms with Gasteiger partial charge in [-0.25, -0.2) is 0 Å². The summed E-state index contributed by atoms with van der Waals surface area (Å²) in [7, 11) is 1.40. The van der Waals surface area contributed by atoms with Crippen molar-refractivity contribution >= 4 is 40.2 Å². The van der Waals surface area contributed by atoms with Crippen molar-refractivity contribution in [1.29, 1.82) is 0 Å². The van der Waals surface area contributed by atoms with Crippen molar-refractivity contribution < 1.29 is 14.3 Å². The summed E-state index contributed by atoms with van der Waals surface area (Å²) in [6.45, 7) is 3.62. The lowest BCUT2D eigenvalue weighted by molar-refractivity contribution is -0.146. The molecule has 21 heavy (non-hydrogen) atoms. The fourth-order valence-corrected chi connectivity index (χ4v) is 3.13. The average molecular weight is 402 g/mol. The van der Waals surface area contributed by atoms with Crippen molar-refractivity contribution in [2.45, 2.75) is 6.92 Å². The van der Waals surface area contributed by atoms with Crippen molar-refractivity contribution in [3.05, 3.63) is 27.8 Å². The number of para-hydroxylation sites is 1. The monoisotopic (exact) mass is 402 g/mol. The van der Waals surface area contributed by atoms with Gasteiger partial charge in [-0.1, -0.05) is 19.1 Å². The number of ether oxygens (including phenoxy) is 1. The van der Waals surface area contributed by atoms with Crippen molar-refractivity contribution in [1.82, 2.24) is 4.90 Å². The van der Waals surface area contributed by atoms with Gasteiger partial charge in [0.2, 0.25) is 5.91 Å². The molecular weight excluding hydrogens is 383 g/mol. The molecule has 0 radical (unpaired) electrons. The highest BCUT2D eigenvalue weighted by molar-refractivity contribution is 14.1. The molecule has 0 saturated carbocycles. The van der Waals surface area contributed by atoms with E-state index in [2.05, 4.69) is 27.9 Å². The number of esters is 1. The third kappa shape index (κ3) is 4.16. The Balaban J connectivity index is 1.90. The van der Waals surface area contributed by atoms with Crippen LogP contribution in [0.2, 0.25) is 0 Å². The molecule has 2 atom stereocenters. The first-order chi connectivity index (χ1) is 10.0. The van der Waals surface area contributed by atoms with Crippen LogP contribution in [0.4, 0.5) is 5.69 Å². The highest BCUT2D eigenvalue weighted by Crippen LogP contribution is 2.24. The molecule has 2 unspecified atom stereocenters. The zero-order valence-corrected chi connectivity index (χ0v) is 14.3.